The lowest BCUT2D eigenvalue weighted by atomic mass is 10.1. The average Bonchev–Trinajstić information content (AvgIpc) is 2.21. The molecule has 0 heterocycles. The first-order valence-corrected chi connectivity index (χ1v) is 4.66. The molecule has 1 unspecified atom stereocenters. The molecular formula is C12H13NO2. The van der Waals surface area contributed by atoms with Crippen molar-refractivity contribution in [2.24, 2.45) is 0 Å². The average molecular weight is 203 g/mol. The quantitative estimate of drug-likeness (QED) is 0.722. The van der Waals surface area contributed by atoms with Crippen molar-refractivity contribution < 1.29 is 9.90 Å². The van der Waals surface area contributed by atoms with Crippen LogP contribution >= 0.6 is 0 Å². The van der Waals surface area contributed by atoms with Crippen LogP contribution in [0.2, 0.25) is 0 Å². The summed E-state index contributed by atoms with van der Waals surface area (Å²) in [6.07, 6.45) is 5.27. The zero-order chi connectivity index (χ0) is 11.3. The molecule has 0 radical (unpaired) electrons. The molecule has 1 rings (SSSR count). The Morgan fingerprint density at radius 2 is 2.27 bits per heavy atom. The van der Waals surface area contributed by atoms with Crippen LogP contribution < -0.4 is 5.32 Å². The molecule has 15 heavy (non-hydrogen) atoms. The van der Waals surface area contributed by atoms with Gasteiger partial charge in [-0.15, -0.1) is 6.42 Å². The largest absolute Gasteiger partial charge is 0.508 e. The van der Waals surface area contributed by atoms with Crippen LogP contribution in [0.25, 0.3) is 0 Å². The molecule has 1 aromatic carbocycles. The number of carbonyl (C=O) groups is 1. The van der Waals surface area contributed by atoms with Crippen molar-refractivity contribution in [3.63, 3.8) is 0 Å². The Bertz CT molecular complexity index is 393. The predicted octanol–water partition coefficient (Wildman–Crippen LogP) is 1.07. The van der Waals surface area contributed by atoms with Crippen LogP contribution in [0.3, 0.4) is 0 Å². The predicted molar refractivity (Wildman–Crippen MR) is 58.2 cm³/mol. The number of terminal acetylenes is 1. The summed E-state index contributed by atoms with van der Waals surface area (Å²) < 4.78 is 0. The van der Waals surface area contributed by atoms with Crippen molar-refractivity contribution >= 4 is 5.91 Å². The number of para-hydroxylation sites is 1. The molecule has 3 heteroatoms. The third kappa shape index (κ3) is 3.35. The second-order valence-corrected chi connectivity index (χ2v) is 3.26. The number of nitrogens with one attached hydrogen (secondary N) is 1. The Labute approximate surface area is 89.1 Å². The molecule has 78 valence electrons. The smallest absolute Gasteiger partial charge is 0.225 e. The van der Waals surface area contributed by atoms with Crippen LogP contribution in [0.4, 0.5) is 0 Å². The molecule has 0 aliphatic rings. The van der Waals surface area contributed by atoms with Gasteiger partial charge in [0.25, 0.3) is 0 Å². The first-order chi connectivity index (χ1) is 7.13. The van der Waals surface area contributed by atoms with Gasteiger partial charge in [0.2, 0.25) is 5.91 Å². The second kappa shape index (κ2) is 5.06. The van der Waals surface area contributed by atoms with E-state index in [0.717, 1.165) is 0 Å². The fraction of sp³-hybridized carbons (Fsp3) is 0.250. The van der Waals surface area contributed by atoms with Gasteiger partial charge in [-0.05, 0) is 13.0 Å². The highest BCUT2D eigenvalue weighted by Gasteiger charge is 2.08. The first-order valence-electron chi connectivity index (χ1n) is 4.66. The molecule has 0 bridgehead atoms. The van der Waals surface area contributed by atoms with Crippen molar-refractivity contribution in [3.05, 3.63) is 29.8 Å². The normalized spacial score (nSPS) is 11.5. The topological polar surface area (TPSA) is 49.3 Å². The van der Waals surface area contributed by atoms with Crippen molar-refractivity contribution in [1.29, 1.82) is 0 Å². The van der Waals surface area contributed by atoms with E-state index in [-0.39, 0.29) is 24.1 Å². The van der Waals surface area contributed by atoms with Crippen LogP contribution in [0.5, 0.6) is 5.75 Å². The number of carbonyl (C=O) groups excluding carboxylic acids is 1. The first kappa shape index (κ1) is 11.1. The van der Waals surface area contributed by atoms with E-state index in [1.807, 2.05) is 0 Å². The monoisotopic (exact) mass is 203 g/mol. The van der Waals surface area contributed by atoms with Crippen LogP contribution in [0.15, 0.2) is 24.3 Å². The van der Waals surface area contributed by atoms with E-state index in [0.29, 0.717) is 5.56 Å². The molecule has 0 saturated heterocycles. The number of benzene rings is 1. The summed E-state index contributed by atoms with van der Waals surface area (Å²) in [5.41, 5.74) is 0.597. The van der Waals surface area contributed by atoms with E-state index in [1.54, 1.807) is 31.2 Å². The maximum atomic E-state index is 11.4. The van der Waals surface area contributed by atoms with Gasteiger partial charge in [-0.3, -0.25) is 4.79 Å². The summed E-state index contributed by atoms with van der Waals surface area (Å²) in [6, 6.07) is 6.44. The molecule has 2 N–H and O–H groups in total. The van der Waals surface area contributed by atoms with Gasteiger partial charge in [0.15, 0.2) is 0 Å². The number of phenols is 1. The Morgan fingerprint density at radius 1 is 1.60 bits per heavy atom. The minimum absolute atomic E-state index is 0.126. The van der Waals surface area contributed by atoms with Gasteiger partial charge >= 0.3 is 0 Å². The number of hydrogen-bond donors (Lipinski definition) is 2. The fourth-order valence-electron chi connectivity index (χ4n) is 1.17. The van der Waals surface area contributed by atoms with Gasteiger partial charge in [0.05, 0.1) is 12.5 Å². The lowest BCUT2D eigenvalue weighted by molar-refractivity contribution is -0.120. The van der Waals surface area contributed by atoms with Gasteiger partial charge in [-0.25, -0.2) is 0 Å². The number of hydrogen-bond acceptors (Lipinski definition) is 2. The van der Waals surface area contributed by atoms with E-state index in [4.69, 9.17) is 6.42 Å². The summed E-state index contributed by atoms with van der Waals surface area (Å²) >= 11 is 0. The lowest BCUT2D eigenvalue weighted by Gasteiger charge is -2.08. The number of phenolic OH excluding ortho intramolecular Hbond substituents is 1. The van der Waals surface area contributed by atoms with Crippen LogP contribution in [-0.4, -0.2) is 17.1 Å². The van der Waals surface area contributed by atoms with Crippen LogP contribution in [0, 0.1) is 12.3 Å². The van der Waals surface area contributed by atoms with Gasteiger partial charge in [-0.1, -0.05) is 24.1 Å². The van der Waals surface area contributed by atoms with Crippen molar-refractivity contribution in [1.82, 2.24) is 5.32 Å². The Kier molecular flexibility index (Phi) is 3.75. The van der Waals surface area contributed by atoms with E-state index in [2.05, 4.69) is 11.2 Å². The third-order valence-corrected chi connectivity index (χ3v) is 1.97. The molecule has 1 aromatic rings. The van der Waals surface area contributed by atoms with Crippen LogP contribution in [-0.2, 0) is 11.2 Å². The molecule has 3 nitrogen and oxygen atoms in total. The highest BCUT2D eigenvalue weighted by molar-refractivity contribution is 5.79. The SMILES string of the molecule is C#CC(C)NC(=O)Cc1ccccc1O. The molecule has 0 aromatic heterocycles. The minimum Gasteiger partial charge on any atom is -0.508 e. The van der Waals surface area contributed by atoms with Gasteiger partial charge < -0.3 is 10.4 Å². The molecular weight excluding hydrogens is 190 g/mol. The van der Waals surface area contributed by atoms with E-state index >= 15 is 0 Å². The molecule has 0 fully saturated rings. The maximum Gasteiger partial charge on any atom is 0.225 e. The number of amides is 1. The zero-order valence-corrected chi connectivity index (χ0v) is 8.53. The highest BCUT2D eigenvalue weighted by Crippen LogP contribution is 2.15. The summed E-state index contributed by atoms with van der Waals surface area (Å²) in [6.45, 7) is 1.72. The zero-order valence-electron chi connectivity index (χ0n) is 8.53. The van der Waals surface area contributed by atoms with Gasteiger partial charge in [0.1, 0.15) is 5.75 Å². The molecule has 0 aliphatic heterocycles. The molecule has 0 saturated carbocycles. The highest BCUT2D eigenvalue weighted by atomic mass is 16.3. The summed E-state index contributed by atoms with van der Waals surface area (Å²) in [5, 5.41) is 12.0. The Balaban J connectivity index is 2.60. The standard InChI is InChI=1S/C12H13NO2/c1-3-9(2)13-12(15)8-10-6-4-5-7-11(10)14/h1,4-7,9,14H,8H2,2H3,(H,13,15). The summed E-state index contributed by atoms with van der Waals surface area (Å²) in [4.78, 5) is 11.4. The maximum absolute atomic E-state index is 11.4. The van der Waals surface area contributed by atoms with Gasteiger partial charge in [0, 0.05) is 5.56 Å². The van der Waals surface area contributed by atoms with Crippen molar-refractivity contribution in [3.8, 4) is 18.1 Å². The van der Waals surface area contributed by atoms with Gasteiger partial charge in [-0.2, -0.15) is 0 Å². The van der Waals surface area contributed by atoms with Crippen molar-refractivity contribution in [2.45, 2.75) is 19.4 Å². The number of aromatic hydroxyl groups is 1. The van der Waals surface area contributed by atoms with E-state index in [9.17, 15) is 9.90 Å². The second-order valence-electron chi connectivity index (χ2n) is 3.26. The molecule has 0 aliphatic carbocycles. The van der Waals surface area contributed by atoms with Crippen molar-refractivity contribution in [2.75, 3.05) is 0 Å². The van der Waals surface area contributed by atoms with E-state index < -0.39 is 0 Å². The Morgan fingerprint density at radius 3 is 2.87 bits per heavy atom. The summed E-state index contributed by atoms with van der Waals surface area (Å²) in [5.74, 6) is 2.34. The molecule has 1 atom stereocenters. The van der Waals surface area contributed by atoms with E-state index in [1.165, 1.54) is 0 Å². The summed E-state index contributed by atoms with van der Waals surface area (Å²) in [7, 11) is 0. The minimum atomic E-state index is -0.289. The van der Waals surface area contributed by atoms with Crippen LogP contribution in [0.1, 0.15) is 12.5 Å². The lowest BCUT2D eigenvalue weighted by Crippen LogP contribution is -2.32. The fourth-order valence-corrected chi connectivity index (χ4v) is 1.17. The molecule has 1 amide bonds. The number of rotatable bonds is 3. The molecule has 0 spiro atoms. The Hall–Kier alpha value is -1.95. The third-order valence-electron chi connectivity index (χ3n) is 1.97.